The summed E-state index contributed by atoms with van der Waals surface area (Å²) in [6, 6.07) is 4.96. The molecule has 1 rings (SSSR count). The number of halogens is 1. The van der Waals surface area contributed by atoms with Gasteiger partial charge in [0.05, 0.1) is 5.56 Å². The van der Waals surface area contributed by atoms with Crippen LogP contribution in [0, 0.1) is 0 Å². The molecular formula is C14H19BrN2O3. The van der Waals surface area contributed by atoms with E-state index in [1.165, 1.54) is 0 Å². The predicted molar refractivity (Wildman–Crippen MR) is 81.3 cm³/mol. The van der Waals surface area contributed by atoms with E-state index in [1.807, 2.05) is 13.8 Å². The maximum atomic E-state index is 11.8. The third-order valence-corrected chi connectivity index (χ3v) is 3.19. The molecule has 1 atom stereocenters. The van der Waals surface area contributed by atoms with Crippen molar-refractivity contribution in [2.45, 2.75) is 32.7 Å². The highest BCUT2D eigenvalue weighted by Crippen LogP contribution is 2.19. The fraction of sp³-hybridized carbons (Fsp3) is 0.429. The van der Waals surface area contributed by atoms with Gasteiger partial charge in [-0.15, -0.1) is 0 Å². The molecule has 0 radical (unpaired) electrons. The van der Waals surface area contributed by atoms with E-state index >= 15 is 0 Å². The number of carbonyl (C=O) groups is 2. The summed E-state index contributed by atoms with van der Waals surface area (Å²) >= 11 is 3.25. The molecule has 0 saturated carbocycles. The van der Waals surface area contributed by atoms with Gasteiger partial charge in [-0.05, 0) is 31.5 Å². The van der Waals surface area contributed by atoms with Crippen LogP contribution in [0.3, 0.4) is 0 Å². The van der Waals surface area contributed by atoms with Crippen LogP contribution in [0.5, 0.6) is 0 Å². The van der Waals surface area contributed by atoms with E-state index in [1.54, 1.807) is 18.2 Å². The summed E-state index contributed by atoms with van der Waals surface area (Å²) < 4.78 is 5.67. The van der Waals surface area contributed by atoms with Crippen LogP contribution in [-0.4, -0.2) is 24.5 Å². The molecule has 1 aromatic carbocycles. The molecule has 1 aromatic rings. The van der Waals surface area contributed by atoms with E-state index in [0.29, 0.717) is 5.69 Å². The Morgan fingerprint density at radius 1 is 1.45 bits per heavy atom. The number of amides is 1. The third kappa shape index (κ3) is 5.21. The van der Waals surface area contributed by atoms with Gasteiger partial charge in [0.25, 0.3) is 5.91 Å². The maximum absolute atomic E-state index is 11.8. The highest BCUT2D eigenvalue weighted by Gasteiger charge is 2.14. The molecule has 0 unspecified atom stereocenters. The van der Waals surface area contributed by atoms with E-state index in [-0.39, 0.29) is 24.1 Å². The van der Waals surface area contributed by atoms with Crippen molar-refractivity contribution in [1.82, 2.24) is 5.32 Å². The fourth-order valence-electron chi connectivity index (χ4n) is 1.74. The zero-order chi connectivity index (χ0) is 15.1. The van der Waals surface area contributed by atoms with Crippen molar-refractivity contribution in [1.29, 1.82) is 0 Å². The van der Waals surface area contributed by atoms with Crippen molar-refractivity contribution in [2.24, 2.45) is 0 Å². The number of hydrogen-bond donors (Lipinski definition) is 2. The number of nitrogens with one attached hydrogen (secondary N) is 1. The standard InChI is InChI=1S/C14H19BrN2O3/c1-3-4-9(2)17-13(18)8-20-14(19)11-7-10(15)5-6-12(11)16/h5-7,9H,3-4,8,16H2,1-2H3,(H,17,18)/t9-/m0/s1. The Balaban J connectivity index is 2.51. The minimum atomic E-state index is -0.609. The summed E-state index contributed by atoms with van der Waals surface area (Å²) in [5.74, 6) is -0.921. The Bertz CT molecular complexity index is 491. The lowest BCUT2D eigenvalue weighted by Gasteiger charge is -2.13. The highest BCUT2D eigenvalue weighted by atomic mass is 79.9. The number of hydrogen-bond acceptors (Lipinski definition) is 4. The SMILES string of the molecule is CCC[C@H](C)NC(=O)COC(=O)c1cc(Br)ccc1N. The Kier molecular flexibility index (Phi) is 6.51. The smallest absolute Gasteiger partial charge is 0.340 e. The Morgan fingerprint density at radius 3 is 2.80 bits per heavy atom. The number of rotatable bonds is 6. The van der Waals surface area contributed by atoms with E-state index in [9.17, 15) is 9.59 Å². The van der Waals surface area contributed by atoms with E-state index in [4.69, 9.17) is 10.5 Å². The molecule has 0 aliphatic heterocycles. The molecule has 0 aliphatic carbocycles. The summed E-state index contributed by atoms with van der Waals surface area (Å²) in [5.41, 5.74) is 6.26. The second kappa shape index (κ2) is 7.89. The van der Waals surface area contributed by atoms with Gasteiger partial charge in [0.1, 0.15) is 0 Å². The molecule has 3 N–H and O–H groups in total. The van der Waals surface area contributed by atoms with Gasteiger partial charge in [-0.2, -0.15) is 0 Å². The van der Waals surface area contributed by atoms with Gasteiger partial charge in [0.15, 0.2) is 6.61 Å². The van der Waals surface area contributed by atoms with Crippen LogP contribution >= 0.6 is 15.9 Å². The number of anilines is 1. The number of nitrogen functional groups attached to an aromatic ring is 1. The molecule has 0 bridgehead atoms. The summed E-state index contributed by atoms with van der Waals surface area (Å²) in [6.45, 7) is 3.65. The van der Waals surface area contributed by atoms with Crippen LogP contribution in [0.4, 0.5) is 5.69 Å². The second-order valence-electron chi connectivity index (χ2n) is 4.56. The average molecular weight is 343 g/mol. The molecule has 0 heterocycles. The van der Waals surface area contributed by atoms with Crippen molar-refractivity contribution < 1.29 is 14.3 Å². The van der Waals surface area contributed by atoms with Crippen LogP contribution in [0.15, 0.2) is 22.7 Å². The zero-order valence-corrected chi connectivity index (χ0v) is 13.2. The highest BCUT2D eigenvalue weighted by molar-refractivity contribution is 9.10. The third-order valence-electron chi connectivity index (χ3n) is 2.70. The van der Waals surface area contributed by atoms with Gasteiger partial charge in [-0.25, -0.2) is 4.79 Å². The van der Waals surface area contributed by atoms with Gasteiger partial charge >= 0.3 is 5.97 Å². The average Bonchev–Trinajstić information content (AvgIpc) is 2.39. The molecular weight excluding hydrogens is 324 g/mol. The monoisotopic (exact) mass is 342 g/mol. The fourth-order valence-corrected chi connectivity index (χ4v) is 2.10. The second-order valence-corrected chi connectivity index (χ2v) is 5.48. The lowest BCUT2D eigenvalue weighted by atomic mass is 10.2. The summed E-state index contributed by atoms with van der Waals surface area (Å²) in [7, 11) is 0. The Morgan fingerprint density at radius 2 is 2.15 bits per heavy atom. The molecule has 0 spiro atoms. The molecule has 20 heavy (non-hydrogen) atoms. The molecule has 0 saturated heterocycles. The molecule has 6 heteroatoms. The predicted octanol–water partition coefficient (Wildman–Crippen LogP) is 2.49. The minimum absolute atomic E-state index is 0.0714. The quantitative estimate of drug-likeness (QED) is 0.614. The molecule has 0 aromatic heterocycles. The summed E-state index contributed by atoms with van der Waals surface area (Å²) in [4.78, 5) is 23.4. The number of carbonyl (C=O) groups excluding carboxylic acids is 2. The lowest BCUT2D eigenvalue weighted by Crippen LogP contribution is -2.35. The summed E-state index contributed by atoms with van der Waals surface area (Å²) in [5, 5.41) is 2.76. The van der Waals surface area contributed by atoms with E-state index < -0.39 is 5.97 Å². The maximum Gasteiger partial charge on any atom is 0.340 e. The van der Waals surface area contributed by atoms with Crippen molar-refractivity contribution in [3.8, 4) is 0 Å². The first kappa shape index (κ1) is 16.5. The van der Waals surface area contributed by atoms with Gasteiger partial charge < -0.3 is 15.8 Å². The van der Waals surface area contributed by atoms with Gasteiger partial charge in [0.2, 0.25) is 0 Å². The topological polar surface area (TPSA) is 81.4 Å². The number of ether oxygens (including phenoxy) is 1. The van der Waals surface area contributed by atoms with Crippen molar-refractivity contribution in [2.75, 3.05) is 12.3 Å². The molecule has 0 aliphatic rings. The van der Waals surface area contributed by atoms with Crippen molar-refractivity contribution in [3.63, 3.8) is 0 Å². The number of nitrogens with two attached hydrogens (primary N) is 1. The van der Waals surface area contributed by atoms with Gasteiger partial charge in [-0.3, -0.25) is 4.79 Å². The van der Waals surface area contributed by atoms with Crippen LogP contribution in [-0.2, 0) is 9.53 Å². The summed E-state index contributed by atoms with van der Waals surface area (Å²) in [6.07, 6.45) is 1.87. The Labute approximate surface area is 127 Å². The molecule has 5 nitrogen and oxygen atoms in total. The van der Waals surface area contributed by atoms with Gasteiger partial charge in [-0.1, -0.05) is 29.3 Å². The number of benzene rings is 1. The zero-order valence-electron chi connectivity index (χ0n) is 11.6. The molecule has 1 amide bonds. The van der Waals surface area contributed by atoms with Crippen molar-refractivity contribution >= 4 is 33.5 Å². The molecule has 0 fully saturated rings. The van der Waals surface area contributed by atoms with Crippen LogP contribution < -0.4 is 11.1 Å². The first-order valence-electron chi connectivity index (χ1n) is 6.45. The van der Waals surface area contributed by atoms with Crippen molar-refractivity contribution in [3.05, 3.63) is 28.2 Å². The lowest BCUT2D eigenvalue weighted by molar-refractivity contribution is -0.124. The van der Waals surface area contributed by atoms with Crippen LogP contribution in [0.25, 0.3) is 0 Å². The minimum Gasteiger partial charge on any atom is -0.452 e. The van der Waals surface area contributed by atoms with Crippen LogP contribution in [0.2, 0.25) is 0 Å². The first-order chi connectivity index (χ1) is 9.43. The van der Waals surface area contributed by atoms with Crippen LogP contribution in [0.1, 0.15) is 37.0 Å². The Hall–Kier alpha value is -1.56. The molecule has 110 valence electrons. The first-order valence-corrected chi connectivity index (χ1v) is 7.24. The van der Waals surface area contributed by atoms with E-state index in [0.717, 1.165) is 17.3 Å². The van der Waals surface area contributed by atoms with Gasteiger partial charge in [0, 0.05) is 16.2 Å². The van der Waals surface area contributed by atoms with E-state index in [2.05, 4.69) is 21.2 Å². The normalized spacial score (nSPS) is 11.8. The number of esters is 1. The largest absolute Gasteiger partial charge is 0.452 e.